The molecular weight excluding hydrogens is 490 g/mol. The molecule has 0 saturated carbocycles. The van der Waals surface area contributed by atoms with Crippen molar-refractivity contribution in [3.8, 4) is 0 Å². The van der Waals surface area contributed by atoms with Crippen molar-refractivity contribution in [2.75, 3.05) is 19.7 Å². The Kier molecular flexibility index (Phi) is 9.23. The molecule has 39 heavy (non-hydrogen) atoms. The van der Waals surface area contributed by atoms with Crippen LogP contribution >= 0.6 is 0 Å². The number of oxazole rings is 1. The lowest BCUT2D eigenvalue weighted by atomic mass is 9.86. The smallest absolute Gasteiger partial charge is 0.309 e. The van der Waals surface area contributed by atoms with Crippen LogP contribution in [-0.4, -0.2) is 46.4 Å². The summed E-state index contributed by atoms with van der Waals surface area (Å²) in [5.74, 6) is 0.0305. The number of esters is 1. The van der Waals surface area contributed by atoms with E-state index in [-0.39, 0.29) is 29.3 Å². The van der Waals surface area contributed by atoms with Gasteiger partial charge in [0.2, 0.25) is 5.89 Å². The summed E-state index contributed by atoms with van der Waals surface area (Å²) in [6, 6.07) is 19.3. The number of amides is 1. The van der Waals surface area contributed by atoms with Crippen LogP contribution in [-0.2, 0) is 28.0 Å². The average molecular weight is 532 g/mol. The Labute approximate surface area is 232 Å². The molecule has 1 atom stereocenters. The van der Waals surface area contributed by atoms with Crippen molar-refractivity contribution in [2.45, 2.75) is 72.0 Å². The van der Waals surface area contributed by atoms with Crippen LogP contribution in [0.4, 0.5) is 0 Å². The number of benzene rings is 2. The van der Waals surface area contributed by atoms with E-state index in [0.717, 1.165) is 0 Å². The quantitative estimate of drug-likeness (QED) is 0.308. The zero-order chi connectivity index (χ0) is 28.0. The van der Waals surface area contributed by atoms with E-state index < -0.39 is 0 Å². The lowest BCUT2D eigenvalue weighted by Gasteiger charge is -2.30. The van der Waals surface area contributed by atoms with E-state index in [2.05, 4.69) is 86.1 Å². The molecule has 1 aliphatic rings. The molecule has 0 N–H and O–H groups in total. The van der Waals surface area contributed by atoms with Crippen LogP contribution in [0.15, 0.2) is 65.3 Å². The van der Waals surface area contributed by atoms with E-state index in [9.17, 15) is 9.59 Å². The van der Waals surface area contributed by atoms with Crippen molar-refractivity contribution < 1.29 is 18.7 Å². The Hall–Kier alpha value is -3.45. The summed E-state index contributed by atoms with van der Waals surface area (Å²) < 4.78 is 11.0. The fourth-order valence-electron chi connectivity index (χ4n) is 5.01. The van der Waals surface area contributed by atoms with E-state index in [1.54, 1.807) is 4.90 Å². The second kappa shape index (κ2) is 12.6. The lowest BCUT2D eigenvalue weighted by Crippen LogP contribution is -2.40. The van der Waals surface area contributed by atoms with Gasteiger partial charge in [-0.3, -0.25) is 14.5 Å². The Morgan fingerprint density at radius 3 is 2.33 bits per heavy atom. The molecule has 0 aliphatic carbocycles. The maximum Gasteiger partial charge on any atom is 0.309 e. The SMILES string of the molecule is CCOC(=O)C1CCN(C(=O)c2coc(CN(Cc3ccc(C(C)(C)C)cc3)C(C)c3ccccc3)n2)CC1. The second-order valence-corrected chi connectivity index (χ2v) is 11.4. The number of hydrogen-bond acceptors (Lipinski definition) is 6. The van der Waals surface area contributed by atoms with Gasteiger partial charge in [0.25, 0.3) is 5.91 Å². The van der Waals surface area contributed by atoms with Crippen molar-refractivity contribution in [3.05, 3.63) is 89.1 Å². The molecule has 7 nitrogen and oxygen atoms in total. The summed E-state index contributed by atoms with van der Waals surface area (Å²) in [5, 5.41) is 0. The normalized spacial score (nSPS) is 15.4. The number of piperidine rings is 1. The number of rotatable bonds is 9. The molecule has 1 aliphatic heterocycles. The zero-order valence-electron chi connectivity index (χ0n) is 23.9. The van der Waals surface area contributed by atoms with Crippen LogP contribution in [0.3, 0.4) is 0 Å². The molecular formula is C32H41N3O4. The monoisotopic (exact) mass is 531 g/mol. The van der Waals surface area contributed by atoms with Gasteiger partial charge in [0, 0.05) is 25.7 Å². The first-order valence-corrected chi connectivity index (χ1v) is 13.9. The maximum absolute atomic E-state index is 13.1. The predicted octanol–water partition coefficient (Wildman–Crippen LogP) is 6.15. The number of carbonyl (C=O) groups is 2. The molecule has 1 amide bonds. The summed E-state index contributed by atoms with van der Waals surface area (Å²) in [5.41, 5.74) is 4.12. The number of carbonyl (C=O) groups excluding carboxylic acids is 2. The molecule has 1 aromatic heterocycles. The third-order valence-corrected chi connectivity index (χ3v) is 7.55. The summed E-state index contributed by atoms with van der Waals surface area (Å²) >= 11 is 0. The Bertz CT molecular complexity index is 1220. The van der Waals surface area contributed by atoms with Gasteiger partial charge in [0.1, 0.15) is 6.26 Å². The van der Waals surface area contributed by atoms with Gasteiger partial charge in [-0.1, -0.05) is 75.4 Å². The topological polar surface area (TPSA) is 75.9 Å². The summed E-state index contributed by atoms with van der Waals surface area (Å²) in [4.78, 5) is 33.8. The minimum atomic E-state index is -0.172. The van der Waals surface area contributed by atoms with Crippen LogP contribution in [0.1, 0.15) is 86.6 Å². The van der Waals surface area contributed by atoms with Crippen molar-refractivity contribution in [1.29, 1.82) is 0 Å². The molecule has 0 bridgehead atoms. The van der Waals surface area contributed by atoms with Crippen molar-refractivity contribution >= 4 is 11.9 Å². The van der Waals surface area contributed by atoms with Gasteiger partial charge in [-0.05, 0) is 48.8 Å². The van der Waals surface area contributed by atoms with Gasteiger partial charge in [-0.2, -0.15) is 0 Å². The largest absolute Gasteiger partial charge is 0.466 e. The Morgan fingerprint density at radius 1 is 1.05 bits per heavy atom. The van der Waals surface area contributed by atoms with Gasteiger partial charge in [0.05, 0.1) is 19.1 Å². The minimum absolute atomic E-state index is 0.102. The number of hydrogen-bond donors (Lipinski definition) is 0. The highest BCUT2D eigenvalue weighted by atomic mass is 16.5. The molecule has 7 heteroatoms. The van der Waals surface area contributed by atoms with E-state index in [1.807, 2.05) is 13.0 Å². The van der Waals surface area contributed by atoms with E-state index >= 15 is 0 Å². The number of aromatic nitrogens is 1. The van der Waals surface area contributed by atoms with Crippen LogP contribution in [0.5, 0.6) is 0 Å². The Balaban J connectivity index is 1.46. The first-order chi connectivity index (χ1) is 18.7. The fourth-order valence-corrected chi connectivity index (χ4v) is 5.01. The van der Waals surface area contributed by atoms with Crippen LogP contribution in [0.2, 0.25) is 0 Å². The highest BCUT2D eigenvalue weighted by molar-refractivity contribution is 5.92. The molecule has 0 radical (unpaired) electrons. The summed E-state index contributed by atoms with van der Waals surface area (Å²) in [6.07, 6.45) is 2.66. The standard InChI is InChI=1S/C32H41N3O4/c1-6-38-31(37)26-16-18-34(19-17-26)30(36)28-22-39-29(33-28)21-35(23(2)25-10-8-7-9-11-25)20-24-12-14-27(15-13-24)32(3,4)5/h7-15,22-23,26H,6,16-21H2,1-5H3. The molecule has 2 aromatic carbocycles. The molecule has 3 aromatic rings. The van der Waals surface area contributed by atoms with E-state index in [0.29, 0.717) is 57.2 Å². The molecule has 1 fully saturated rings. The first kappa shape index (κ1) is 28.6. The molecule has 1 saturated heterocycles. The Morgan fingerprint density at radius 2 is 1.72 bits per heavy atom. The van der Waals surface area contributed by atoms with Crippen molar-refractivity contribution in [3.63, 3.8) is 0 Å². The lowest BCUT2D eigenvalue weighted by molar-refractivity contribution is -0.149. The maximum atomic E-state index is 13.1. The van der Waals surface area contributed by atoms with Crippen LogP contribution in [0, 0.1) is 5.92 Å². The van der Waals surface area contributed by atoms with Gasteiger partial charge in [0.15, 0.2) is 5.69 Å². The fraction of sp³-hybridized carbons (Fsp3) is 0.469. The average Bonchev–Trinajstić information content (AvgIpc) is 3.41. The summed E-state index contributed by atoms with van der Waals surface area (Å²) in [7, 11) is 0. The number of nitrogens with zero attached hydrogens (tertiary/aromatic N) is 3. The van der Waals surface area contributed by atoms with E-state index in [4.69, 9.17) is 9.15 Å². The molecule has 1 unspecified atom stereocenters. The third kappa shape index (κ3) is 7.35. The van der Waals surface area contributed by atoms with Gasteiger partial charge in [-0.25, -0.2) is 4.98 Å². The predicted molar refractivity (Wildman–Crippen MR) is 151 cm³/mol. The van der Waals surface area contributed by atoms with Gasteiger partial charge >= 0.3 is 5.97 Å². The van der Waals surface area contributed by atoms with Crippen molar-refractivity contribution in [1.82, 2.24) is 14.8 Å². The highest BCUT2D eigenvalue weighted by Crippen LogP contribution is 2.27. The van der Waals surface area contributed by atoms with Crippen molar-refractivity contribution in [2.24, 2.45) is 5.92 Å². The highest BCUT2D eigenvalue weighted by Gasteiger charge is 2.30. The molecule has 2 heterocycles. The van der Waals surface area contributed by atoms with E-state index in [1.165, 1.54) is 23.0 Å². The molecule has 4 rings (SSSR count). The van der Waals surface area contributed by atoms with Gasteiger partial charge in [-0.15, -0.1) is 0 Å². The van der Waals surface area contributed by atoms with Crippen LogP contribution in [0.25, 0.3) is 0 Å². The zero-order valence-corrected chi connectivity index (χ0v) is 23.9. The van der Waals surface area contributed by atoms with Gasteiger partial charge < -0.3 is 14.1 Å². The minimum Gasteiger partial charge on any atom is -0.466 e. The third-order valence-electron chi connectivity index (χ3n) is 7.55. The molecule has 208 valence electrons. The first-order valence-electron chi connectivity index (χ1n) is 13.9. The summed E-state index contributed by atoms with van der Waals surface area (Å²) in [6.45, 7) is 13.2. The number of ether oxygens (including phenoxy) is 1. The second-order valence-electron chi connectivity index (χ2n) is 11.4. The molecule has 0 spiro atoms. The number of likely N-dealkylation sites (tertiary alicyclic amines) is 1. The van der Waals surface area contributed by atoms with Crippen LogP contribution < -0.4 is 0 Å².